The Morgan fingerprint density at radius 3 is 2.74 bits per heavy atom. The summed E-state index contributed by atoms with van der Waals surface area (Å²) in [5.41, 5.74) is 2.38. The number of furan rings is 1. The van der Waals surface area contributed by atoms with Crippen molar-refractivity contribution in [3.05, 3.63) is 53.3 Å². The molecule has 0 radical (unpaired) electrons. The lowest BCUT2D eigenvalue weighted by Gasteiger charge is -2.24. The predicted molar refractivity (Wildman–Crippen MR) is 84.6 cm³/mol. The van der Waals surface area contributed by atoms with Gasteiger partial charge in [-0.25, -0.2) is 13.1 Å². The van der Waals surface area contributed by atoms with E-state index < -0.39 is 10.0 Å². The minimum Gasteiger partial charge on any atom is -0.438 e. The lowest BCUT2D eigenvalue weighted by molar-refractivity contribution is 0.0692. The van der Waals surface area contributed by atoms with Gasteiger partial charge in [0.15, 0.2) is 5.76 Å². The summed E-state index contributed by atoms with van der Waals surface area (Å²) in [5, 5.41) is -0.261. The van der Waals surface area contributed by atoms with Gasteiger partial charge < -0.3 is 9.32 Å². The Kier molecular flexibility index (Phi) is 3.99. The second-order valence-corrected chi connectivity index (χ2v) is 7.31. The molecular weight excluding hydrogens is 316 g/mol. The maximum atomic E-state index is 12.6. The molecule has 1 aromatic heterocycles. The molecule has 0 bridgehead atoms. The van der Waals surface area contributed by atoms with Gasteiger partial charge in [0.1, 0.15) is 0 Å². The first kappa shape index (κ1) is 15.8. The molecule has 1 aromatic carbocycles. The highest BCUT2D eigenvalue weighted by atomic mass is 32.2. The molecule has 0 unspecified atom stereocenters. The van der Waals surface area contributed by atoms with Gasteiger partial charge in [0.25, 0.3) is 15.9 Å². The zero-order valence-electron chi connectivity index (χ0n) is 12.9. The van der Waals surface area contributed by atoms with Crippen LogP contribution in [0.5, 0.6) is 0 Å². The first-order valence-electron chi connectivity index (χ1n) is 7.32. The first-order valence-corrected chi connectivity index (χ1v) is 8.80. The van der Waals surface area contributed by atoms with E-state index in [1.165, 1.54) is 24.7 Å². The van der Waals surface area contributed by atoms with Crippen LogP contribution in [0.4, 0.5) is 0 Å². The molecule has 1 aliphatic carbocycles. The molecule has 1 N–H and O–H groups in total. The number of hydrogen-bond donors (Lipinski definition) is 1. The highest BCUT2D eigenvalue weighted by Crippen LogP contribution is 2.35. The zero-order valence-corrected chi connectivity index (χ0v) is 13.8. The first-order chi connectivity index (χ1) is 10.9. The fraction of sp³-hybridized carbons (Fsp3) is 0.312. The summed E-state index contributed by atoms with van der Waals surface area (Å²) >= 11 is 0. The summed E-state index contributed by atoms with van der Waals surface area (Å²) < 4.78 is 30.8. The number of sulfonamides is 1. The minimum atomic E-state index is -3.69. The smallest absolute Gasteiger partial charge is 0.289 e. The molecule has 23 heavy (non-hydrogen) atoms. The van der Waals surface area contributed by atoms with Gasteiger partial charge in [0.05, 0.1) is 6.04 Å². The fourth-order valence-electron chi connectivity index (χ4n) is 2.93. The molecule has 2 aromatic rings. The molecule has 1 aliphatic rings. The second kappa shape index (κ2) is 5.82. The number of carbonyl (C=O) groups excluding carboxylic acids is 1. The molecule has 0 saturated heterocycles. The zero-order chi connectivity index (χ0) is 16.6. The molecule has 0 spiro atoms. The fourth-order valence-corrected chi connectivity index (χ4v) is 3.58. The summed E-state index contributed by atoms with van der Waals surface area (Å²) in [6.07, 6.45) is 1.78. The van der Waals surface area contributed by atoms with Crippen molar-refractivity contribution >= 4 is 15.9 Å². The van der Waals surface area contributed by atoms with E-state index in [9.17, 15) is 13.2 Å². The Balaban J connectivity index is 1.84. The lowest BCUT2D eigenvalue weighted by Crippen LogP contribution is -2.29. The van der Waals surface area contributed by atoms with Crippen LogP contribution < -0.4 is 4.72 Å². The number of nitrogens with zero attached hydrogens (tertiary/aromatic N) is 1. The predicted octanol–water partition coefficient (Wildman–Crippen LogP) is 1.95. The number of rotatable bonds is 4. The van der Waals surface area contributed by atoms with Gasteiger partial charge >= 0.3 is 0 Å². The van der Waals surface area contributed by atoms with Crippen molar-refractivity contribution in [3.8, 4) is 0 Å². The van der Waals surface area contributed by atoms with Crippen LogP contribution in [0.2, 0.25) is 0 Å². The van der Waals surface area contributed by atoms with Crippen molar-refractivity contribution in [2.45, 2.75) is 24.0 Å². The molecule has 1 heterocycles. The number of amides is 1. The van der Waals surface area contributed by atoms with Gasteiger partial charge in [-0.3, -0.25) is 4.79 Å². The molecule has 3 rings (SSSR count). The number of benzene rings is 1. The van der Waals surface area contributed by atoms with Crippen LogP contribution in [-0.4, -0.2) is 33.3 Å². The Labute approximate surface area is 135 Å². The van der Waals surface area contributed by atoms with Gasteiger partial charge in [0.2, 0.25) is 5.09 Å². The van der Waals surface area contributed by atoms with E-state index in [4.69, 9.17) is 4.42 Å². The van der Waals surface area contributed by atoms with Gasteiger partial charge in [-0.05, 0) is 43.1 Å². The van der Waals surface area contributed by atoms with Crippen LogP contribution in [0.3, 0.4) is 0 Å². The SMILES string of the molecule is CNS(=O)(=O)c1ccc(C(=O)N(C)[C@H]2CCc3ccccc32)o1. The summed E-state index contributed by atoms with van der Waals surface area (Å²) in [6, 6.07) is 10.7. The number of fused-ring (bicyclic) bond motifs is 1. The maximum absolute atomic E-state index is 12.6. The minimum absolute atomic E-state index is 0.0192. The average Bonchev–Trinajstić information content (AvgIpc) is 3.20. The van der Waals surface area contributed by atoms with Crippen LogP contribution in [0, 0.1) is 0 Å². The summed E-state index contributed by atoms with van der Waals surface area (Å²) in [6.45, 7) is 0. The van der Waals surface area contributed by atoms with Crippen molar-refractivity contribution in [2.75, 3.05) is 14.1 Å². The largest absolute Gasteiger partial charge is 0.438 e. The van der Waals surface area contributed by atoms with Crippen LogP contribution in [0.1, 0.15) is 34.1 Å². The van der Waals surface area contributed by atoms with E-state index in [0.717, 1.165) is 18.4 Å². The van der Waals surface area contributed by atoms with E-state index in [1.54, 1.807) is 11.9 Å². The monoisotopic (exact) mass is 334 g/mol. The van der Waals surface area contributed by atoms with Crippen molar-refractivity contribution in [1.29, 1.82) is 0 Å². The third-order valence-corrected chi connectivity index (χ3v) is 5.50. The number of nitrogens with one attached hydrogen (secondary N) is 1. The third kappa shape index (κ3) is 2.77. The molecule has 1 amide bonds. The number of carbonyl (C=O) groups is 1. The molecule has 0 aliphatic heterocycles. The summed E-state index contributed by atoms with van der Waals surface area (Å²) in [4.78, 5) is 14.2. The van der Waals surface area contributed by atoms with E-state index in [-0.39, 0.29) is 22.8 Å². The molecule has 1 atom stereocenters. The van der Waals surface area contributed by atoms with Crippen molar-refractivity contribution in [1.82, 2.24) is 9.62 Å². The number of hydrogen-bond acceptors (Lipinski definition) is 4. The Hall–Kier alpha value is -2.12. The van der Waals surface area contributed by atoms with E-state index in [2.05, 4.69) is 10.8 Å². The van der Waals surface area contributed by atoms with Gasteiger partial charge in [0, 0.05) is 7.05 Å². The maximum Gasteiger partial charge on any atom is 0.289 e. The van der Waals surface area contributed by atoms with E-state index >= 15 is 0 Å². The second-order valence-electron chi connectivity index (χ2n) is 5.50. The third-order valence-electron chi connectivity index (χ3n) is 4.21. The molecule has 0 saturated carbocycles. The lowest BCUT2D eigenvalue weighted by atomic mass is 10.1. The van der Waals surface area contributed by atoms with Gasteiger partial charge in [-0.1, -0.05) is 24.3 Å². The average molecular weight is 334 g/mol. The molecule has 7 heteroatoms. The van der Waals surface area contributed by atoms with Gasteiger partial charge in [-0.15, -0.1) is 0 Å². The highest BCUT2D eigenvalue weighted by Gasteiger charge is 2.30. The standard InChI is InChI=1S/C16H18N2O4S/c1-17-23(20,21)15-10-9-14(22-15)16(19)18(2)13-8-7-11-5-3-4-6-12(11)13/h3-6,9-10,13,17H,7-8H2,1-2H3/t13-/m0/s1. The molecular formula is C16H18N2O4S. The van der Waals surface area contributed by atoms with Crippen molar-refractivity contribution < 1.29 is 17.6 Å². The van der Waals surface area contributed by atoms with E-state index in [1.807, 2.05) is 18.2 Å². The number of aryl methyl sites for hydroxylation is 1. The quantitative estimate of drug-likeness (QED) is 0.927. The summed E-state index contributed by atoms with van der Waals surface area (Å²) in [7, 11) is -0.687. The Morgan fingerprint density at radius 1 is 1.26 bits per heavy atom. The van der Waals surface area contributed by atoms with Crippen LogP contribution in [0.15, 0.2) is 45.9 Å². The molecule has 122 valence electrons. The van der Waals surface area contributed by atoms with Crippen molar-refractivity contribution in [2.24, 2.45) is 0 Å². The molecule has 0 fully saturated rings. The van der Waals surface area contributed by atoms with Crippen molar-refractivity contribution in [3.63, 3.8) is 0 Å². The normalized spacial score (nSPS) is 17.0. The van der Waals surface area contributed by atoms with E-state index in [0.29, 0.717) is 0 Å². The summed E-state index contributed by atoms with van der Waals surface area (Å²) in [5.74, 6) is -0.310. The Bertz CT molecular complexity index is 841. The van der Waals surface area contributed by atoms with Gasteiger partial charge in [-0.2, -0.15) is 0 Å². The van der Waals surface area contributed by atoms with Crippen LogP contribution in [-0.2, 0) is 16.4 Å². The van der Waals surface area contributed by atoms with Crippen LogP contribution in [0.25, 0.3) is 0 Å². The van der Waals surface area contributed by atoms with Crippen LogP contribution >= 0.6 is 0 Å². The highest BCUT2D eigenvalue weighted by molar-refractivity contribution is 7.89. The Morgan fingerprint density at radius 2 is 2.00 bits per heavy atom. The topological polar surface area (TPSA) is 79.6 Å². The molecule has 6 nitrogen and oxygen atoms in total.